The monoisotopic (exact) mass is 385 g/mol. The Balaban J connectivity index is 1.61. The van der Waals surface area contributed by atoms with Gasteiger partial charge < -0.3 is 15.3 Å². The predicted molar refractivity (Wildman–Crippen MR) is 105 cm³/mol. The minimum atomic E-state index is -0.422. The Morgan fingerprint density at radius 1 is 1.26 bits per heavy atom. The van der Waals surface area contributed by atoms with E-state index in [9.17, 15) is 9.50 Å². The van der Waals surface area contributed by atoms with E-state index in [0.717, 1.165) is 30.3 Å². The number of hydrogen-bond acceptors (Lipinski definition) is 7. The molecule has 1 fully saturated rings. The van der Waals surface area contributed by atoms with Crippen molar-refractivity contribution in [1.82, 2.24) is 20.5 Å². The van der Waals surface area contributed by atoms with Gasteiger partial charge in [0.15, 0.2) is 5.82 Å². The molecule has 6 nitrogen and oxygen atoms in total. The van der Waals surface area contributed by atoms with Gasteiger partial charge in [0.1, 0.15) is 11.6 Å². The topological polar surface area (TPSA) is 74.2 Å². The third kappa shape index (κ3) is 3.50. The van der Waals surface area contributed by atoms with Crippen LogP contribution in [0.5, 0.6) is 5.75 Å². The Morgan fingerprint density at radius 3 is 2.74 bits per heavy atom. The Labute approximate surface area is 160 Å². The molecule has 1 aliphatic heterocycles. The number of anilines is 1. The number of thiazole rings is 1. The molecule has 0 amide bonds. The van der Waals surface area contributed by atoms with Crippen LogP contribution >= 0.6 is 11.3 Å². The molecule has 3 heterocycles. The van der Waals surface area contributed by atoms with E-state index in [1.807, 2.05) is 20.0 Å². The highest BCUT2D eigenvalue weighted by molar-refractivity contribution is 7.15. The summed E-state index contributed by atoms with van der Waals surface area (Å²) in [5, 5.41) is 23.0. The number of phenolic OH excluding ortho intramolecular Hbond substituents is 1. The summed E-state index contributed by atoms with van der Waals surface area (Å²) >= 11 is 1.38. The van der Waals surface area contributed by atoms with Gasteiger partial charge in [0.05, 0.1) is 15.6 Å². The van der Waals surface area contributed by atoms with Crippen LogP contribution in [0.4, 0.5) is 10.2 Å². The zero-order valence-electron chi connectivity index (χ0n) is 15.1. The third-order valence-corrected chi connectivity index (χ3v) is 5.77. The fourth-order valence-electron chi connectivity index (χ4n) is 3.28. The standard InChI is InChI=1S/C19H20FN5OS/c1-11-22-9-18(27-11)13-8-17(26)14(7-15(13)20)16-3-4-19(24-23-16)25-6-5-12(10-25)21-2/h3-4,7-9,12,21,26H,5-6,10H2,1-2H3/t12-/m0/s1. The zero-order chi connectivity index (χ0) is 19.0. The van der Waals surface area contributed by atoms with Crippen LogP contribution in [0.2, 0.25) is 0 Å². The third-order valence-electron chi connectivity index (χ3n) is 4.82. The van der Waals surface area contributed by atoms with E-state index in [0.29, 0.717) is 27.7 Å². The summed E-state index contributed by atoms with van der Waals surface area (Å²) in [6.45, 7) is 3.66. The maximum absolute atomic E-state index is 14.6. The van der Waals surface area contributed by atoms with Crippen molar-refractivity contribution in [2.24, 2.45) is 0 Å². The molecule has 1 aliphatic rings. The summed E-state index contributed by atoms with van der Waals surface area (Å²) in [6.07, 6.45) is 2.67. The lowest BCUT2D eigenvalue weighted by Gasteiger charge is -2.17. The second-order valence-corrected chi connectivity index (χ2v) is 7.82. The smallest absolute Gasteiger partial charge is 0.151 e. The summed E-state index contributed by atoms with van der Waals surface area (Å²) in [4.78, 5) is 6.98. The number of benzene rings is 1. The molecule has 2 N–H and O–H groups in total. The molecule has 1 aromatic carbocycles. The minimum absolute atomic E-state index is 0.0316. The summed E-state index contributed by atoms with van der Waals surface area (Å²) in [5.41, 5.74) is 1.10. The van der Waals surface area contributed by atoms with Gasteiger partial charge in [-0.15, -0.1) is 21.5 Å². The van der Waals surface area contributed by atoms with Crippen molar-refractivity contribution >= 4 is 17.2 Å². The van der Waals surface area contributed by atoms with E-state index >= 15 is 0 Å². The Kier molecular flexibility index (Phi) is 4.75. The number of aryl methyl sites for hydroxylation is 1. The van der Waals surface area contributed by atoms with Gasteiger partial charge in [0.25, 0.3) is 0 Å². The number of likely N-dealkylation sites (N-methyl/N-ethyl adjacent to an activating group) is 1. The highest BCUT2D eigenvalue weighted by Crippen LogP contribution is 2.36. The molecule has 0 unspecified atom stereocenters. The van der Waals surface area contributed by atoms with Gasteiger partial charge in [-0.3, -0.25) is 0 Å². The lowest BCUT2D eigenvalue weighted by Crippen LogP contribution is -2.29. The van der Waals surface area contributed by atoms with Crippen molar-refractivity contribution in [3.8, 4) is 27.4 Å². The number of nitrogens with one attached hydrogen (secondary N) is 1. The zero-order valence-corrected chi connectivity index (χ0v) is 15.9. The second kappa shape index (κ2) is 7.21. The quantitative estimate of drug-likeness (QED) is 0.718. The van der Waals surface area contributed by atoms with Crippen LogP contribution in [-0.2, 0) is 0 Å². The molecule has 0 saturated carbocycles. The van der Waals surface area contributed by atoms with Gasteiger partial charge in [0, 0.05) is 36.5 Å². The number of nitrogens with zero attached hydrogens (tertiary/aromatic N) is 4. The maximum Gasteiger partial charge on any atom is 0.151 e. The van der Waals surface area contributed by atoms with Crippen LogP contribution < -0.4 is 10.2 Å². The Morgan fingerprint density at radius 2 is 2.11 bits per heavy atom. The van der Waals surface area contributed by atoms with Gasteiger partial charge in [0.2, 0.25) is 0 Å². The van der Waals surface area contributed by atoms with Crippen LogP contribution in [0.25, 0.3) is 21.7 Å². The Bertz CT molecular complexity index is 959. The predicted octanol–water partition coefficient (Wildman–Crippen LogP) is 3.22. The number of phenols is 1. The van der Waals surface area contributed by atoms with Crippen molar-refractivity contribution in [2.75, 3.05) is 25.0 Å². The number of halogens is 1. The van der Waals surface area contributed by atoms with Gasteiger partial charge >= 0.3 is 0 Å². The summed E-state index contributed by atoms with van der Waals surface area (Å²) in [6, 6.07) is 6.80. The van der Waals surface area contributed by atoms with Crippen LogP contribution in [-0.4, -0.2) is 46.5 Å². The Hall–Kier alpha value is -2.58. The van der Waals surface area contributed by atoms with E-state index in [4.69, 9.17) is 0 Å². The lowest BCUT2D eigenvalue weighted by atomic mass is 10.1. The van der Waals surface area contributed by atoms with Crippen molar-refractivity contribution < 1.29 is 9.50 Å². The van der Waals surface area contributed by atoms with Crippen molar-refractivity contribution in [2.45, 2.75) is 19.4 Å². The highest BCUT2D eigenvalue weighted by atomic mass is 32.1. The summed E-state index contributed by atoms with van der Waals surface area (Å²) in [5.74, 6) is 0.331. The molecule has 0 radical (unpaired) electrons. The molecule has 4 rings (SSSR count). The van der Waals surface area contributed by atoms with Crippen LogP contribution in [0.1, 0.15) is 11.4 Å². The molecule has 2 aromatic heterocycles. The first-order chi connectivity index (χ1) is 13.0. The first-order valence-electron chi connectivity index (χ1n) is 8.77. The first kappa shape index (κ1) is 17.8. The molecular weight excluding hydrogens is 365 g/mol. The SMILES string of the molecule is CN[C@H]1CCN(c2ccc(-c3cc(F)c(-c4cnc(C)s4)cc3O)nn2)C1. The fraction of sp³-hybridized carbons (Fsp3) is 0.316. The first-order valence-corrected chi connectivity index (χ1v) is 9.58. The van der Waals surface area contributed by atoms with Crippen LogP contribution in [0, 0.1) is 12.7 Å². The van der Waals surface area contributed by atoms with Gasteiger partial charge in [-0.25, -0.2) is 9.37 Å². The van der Waals surface area contributed by atoms with Crippen molar-refractivity contribution in [3.63, 3.8) is 0 Å². The molecule has 140 valence electrons. The largest absolute Gasteiger partial charge is 0.507 e. The fourth-order valence-corrected chi connectivity index (χ4v) is 4.08. The van der Waals surface area contributed by atoms with Gasteiger partial charge in [-0.2, -0.15) is 0 Å². The molecule has 1 saturated heterocycles. The molecule has 27 heavy (non-hydrogen) atoms. The van der Waals surface area contributed by atoms with Crippen molar-refractivity contribution in [1.29, 1.82) is 0 Å². The van der Waals surface area contributed by atoms with Crippen LogP contribution in [0.15, 0.2) is 30.5 Å². The van der Waals surface area contributed by atoms with Gasteiger partial charge in [-0.1, -0.05) is 0 Å². The summed E-state index contributed by atoms with van der Waals surface area (Å²) in [7, 11) is 1.96. The number of rotatable bonds is 4. The lowest BCUT2D eigenvalue weighted by molar-refractivity contribution is 0.475. The minimum Gasteiger partial charge on any atom is -0.507 e. The van der Waals surface area contributed by atoms with E-state index in [-0.39, 0.29) is 5.75 Å². The van der Waals surface area contributed by atoms with Gasteiger partial charge in [-0.05, 0) is 44.7 Å². The highest BCUT2D eigenvalue weighted by Gasteiger charge is 2.22. The van der Waals surface area contributed by atoms with E-state index in [1.165, 1.54) is 23.5 Å². The molecule has 1 atom stereocenters. The molecule has 3 aromatic rings. The second-order valence-electron chi connectivity index (χ2n) is 6.59. The molecule has 8 heteroatoms. The molecule has 0 aliphatic carbocycles. The van der Waals surface area contributed by atoms with E-state index < -0.39 is 5.82 Å². The van der Waals surface area contributed by atoms with Crippen molar-refractivity contribution in [3.05, 3.63) is 41.3 Å². The molecule has 0 spiro atoms. The normalized spacial score (nSPS) is 16.9. The molecular formula is C19H20FN5OS. The maximum atomic E-state index is 14.6. The number of aromatic nitrogens is 3. The summed E-state index contributed by atoms with van der Waals surface area (Å²) < 4.78 is 14.6. The average molecular weight is 385 g/mol. The van der Waals surface area contributed by atoms with E-state index in [1.54, 1.807) is 12.3 Å². The van der Waals surface area contributed by atoms with Crippen LogP contribution in [0.3, 0.4) is 0 Å². The molecule has 0 bridgehead atoms. The average Bonchev–Trinajstić information content (AvgIpc) is 3.32. The number of hydrogen-bond donors (Lipinski definition) is 2. The number of aromatic hydroxyl groups is 1. The van der Waals surface area contributed by atoms with E-state index in [2.05, 4.69) is 25.4 Å².